The largest absolute Gasteiger partial charge is 0.506 e. The molecule has 9 heteroatoms. The fourth-order valence-corrected chi connectivity index (χ4v) is 2.85. The fourth-order valence-electron chi connectivity index (χ4n) is 2.85. The van der Waals surface area contributed by atoms with E-state index in [2.05, 4.69) is 0 Å². The molecule has 0 heterocycles. The van der Waals surface area contributed by atoms with Crippen LogP contribution in [0.1, 0.15) is 5.56 Å². The maximum Gasteiger partial charge on any atom is 0.208 e. The zero-order chi connectivity index (χ0) is 20.9. The molecule has 9 nitrogen and oxygen atoms in total. The summed E-state index contributed by atoms with van der Waals surface area (Å²) < 4.78 is 0. The first-order valence-electron chi connectivity index (χ1n) is 7.83. The molecule has 0 aromatic heterocycles. The Morgan fingerprint density at radius 1 is 0.393 bits per heavy atom. The SMILES string of the molecule is Cc1ccc(-c2c(O)c(O)c(O)c(-c3c(O)c(O)c(O)c(O)c3O)c2O)cc1. The Morgan fingerprint density at radius 3 is 1.18 bits per heavy atom. The quantitative estimate of drug-likeness (QED) is 0.235. The average Bonchev–Trinajstić information content (AvgIpc) is 2.67. The van der Waals surface area contributed by atoms with Gasteiger partial charge in [0.25, 0.3) is 0 Å². The molecule has 146 valence electrons. The minimum Gasteiger partial charge on any atom is -0.506 e. The van der Waals surface area contributed by atoms with Crippen molar-refractivity contribution in [3.05, 3.63) is 29.8 Å². The van der Waals surface area contributed by atoms with E-state index in [9.17, 15) is 46.0 Å². The van der Waals surface area contributed by atoms with E-state index in [1.165, 1.54) is 12.1 Å². The van der Waals surface area contributed by atoms with E-state index in [1.54, 1.807) is 19.1 Å². The van der Waals surface area contributed by atoms with Crippen molar-refractivity contribution in [2.45, 2.75) is 6.92 Å². The molecule has 0 amide bonds. The molecule has 3 rings (SSSR count). The van der Waals surface area contributed by atoms with Crippen LogP contribution in [0.4, 0.5) is 0 Å². The Hall–Kier alpha value is -4.14. The molecular formula is C19H16O9. The maximum absolute atomic E-state index is 10.7. The van der Waals surface area contributed by atoms with E-state index < -0.39 is 62.9 Å². The van der Waals surface area contributed by atoms with E-state index in [0.29, 0.717) is 0 Å². The highest BCUT2D eigenvalue weighted by molar-refractivity contribution is 5.98. The molecule has 0 aliphatic carbocycles. The lowest BCUT2D eigenvalue weighted by Gasteiger charge is -2.18. The summed E-state index contributed by atoms with van der Waals surface area (Å²) in [5.74, 6) is -10.1. The van der Waals surface area contributed by atoms with Gasteiger partial charge in [-0.1, -0.05) is 29.8 Å². The third-order valence-corrected chi connectivity index (χ3v) is 4.36. The molecule has 0 saturated heterocycles. The number of hydrogen-bond donors (Lipinski definition) is 9. The standard InChI is InChI=1S/C19H16O9/c1-6-2-4-7(5-3-6)8-11(20)9(13(22)16(25)12(8)21)10-14(23)17(26)19(28)18(27)15(10)24/h2-5,20-28H,1H3. The van der Waals surface area contributed by atoms with Crippen LogP contribution in [0.2, 0.25) is 0 Å². The zero-order valence-corrected chi connectivity index (χ0v) is 14.3. The van der Waals surface area contributed by atoms with Gasteiger partial charge < -0.3 is 46.0 Å². The van der Waals surface area contributed by atoms with Gasteiger partial charge in [0.2, 0.25) is 23.0 Å². The van der Waals surface area contributed by atoms with Crippen molar-refractivity contribution >= 4 is 0 Å². The summed E-state index contributed by atoms with van der Waals surface area (Å²) in [6, 6.07) is 6.28. The Bertz CT molecular complexity index is 1070. The summed E-state index contributed by atoms with van der Waals surface area (Å²) in [6.45, 7) is 1.79. The lowest BCUT2D eigenvalue weighted by Crippen LogP contribution is -1.91. The van der Waals surface area contributed by atoms with Gasteiger partial charge in [-0.15, -0.1) is 0 Å². The Kier molecular flexibility index (Phi) is 4.15. The summed E-state index contributed by atoms with van der Waals surface area (Å²) >= 11 is 0. The number of aromatic hydroxyl groups is 9. The van der Waals surface area contributed by atoms with Gasteiger partial charge in [-0.25, -0.2) is 0 Å². The van der Waals surface area contributed by atoms with Crippen molar-refractivity contribution in [3.63, 3.8) is 0 Å². The topological polar surface area (TPSA) is 182 Å². The molecule has 0 fully saturated rings. The molecule has 0 atom stereocenters. The Balaban J connectivity index is 2.47. The molecular weight excluding hydrogens is 372 g/mol. The Morgan fingerprint density at radius 2 is 0.714 bits per heavy atom. The molecule has 0 unspecified atom stereocenters. The van der Waals surface area contributed by atoms with Crippen LogP contribution in [0.3, 0.4) is 0 Å². The molecule has 0 radical (unpaired) electrons. The minimum atomic E-state index is -1.24. The molecule has 0 bridgehead atoms. The van der Waals surface area contributed by atoms with Gasteiger partial charge in [0.05, 0.1) is 16.7 Å². The average molecular weight is 388 g/mol. The summed E-state index contributed by atoms with van der Waals surface area (Å²) in [4.78, 5) is 0. The van der Waals surface area contributed by atoms with Crippen LogP contribution in [-0.2, 0) is 0 Å². The second-order valence-electron chi connectivity index (χ2n) is 6.13. The monoisotopic (exact) mass is 388 g/mol. The number of hydrogen-bond acceptors (Lipinski definition) is 9. The summed E-state index contributed by atoms with van der Waals surface area (Å²) in [7, 11) is 0. The number of rotatable bonds is 2. The first kappa shape index (κ1) is 18.6. The van der Waals surface area contributed by atoms with E-state index in [4.69, 9.17) is 0 Å². The normalized spacial score (nSPS) is 10.9. The highest BCUT2D eigenvalue weighted by Gasteiger charge is 2.32. The summed E-state index contributed by atoms with van der Waals surface area (Å²) in [6.07, 6.45) is 0. The molecule has 0 aliphatic heterocycles. The summed E-state index contributed by atoms with van der Waals surface area (Å²) in [5.41, 5.74) is -0.966. The highest BCUT2D eigenvalue weighted by Crippen LogP contribution is 2.62. The van der Waals surface area contributed by atoms with Gasteiger partial charge in [0.15, 0.2) is 23.0 Å². The van der Waals surface area contributed by atoms with E-state index in [1.807, 2.05) is 0 Å². The summed E-state index contributed by atoms with van der Waals surface area (Å²) in [5, 5.41) is 90.3. The molecule has 28 heavy (non-hydrogen) atoms. The first-order chi connectivity index (χ1) is 13.1. The third kappa shape index (κ3) is 2.49. The fraction of sp³-hybridized carbons (Fsp3) is 0.0526. The molecule has 9 N–H and O–H groups in total. The van der Waals surface area contributed by atoms with Crippen LogP contribution in [0.15, 0.2) is 24.3 Å². The van der Waals surface area contributed by atoms with Crippen LogP contribution in [0.5, 0.6) is 51.7 Å². The van der Waals surface area contributed by atoms with Crippen molar-refractivity contribution in [1.82, 2.24) is 0 Å². The third-order valence-electron chi connectivity index (χ3n) is 4.36. The zero-order valence-electron chi connectivity index (χ0n) is 14.3. The predicted octanol–water partition coefficient (Wildman–Crippen LogP) is 2.68. The molecule has 3 aromatic rings. The highest BCUT2D eigenvalue weighted by atomic mass is 16.4. The van der Waals surface area contributed by atoms with Crippen LogP contribution in [-0.4, -0.2) is 46.0 Å². The lowest BCUT2D eigenvalue weighted by molar-refractivity contribution is 0.329. The Labute approximate surface area is 157 Å². The van der Waals surface area contributed by atoms with Gasteiger partial charge in [0.1, 0.15) is 5.75 Å². The smallest absolute Gasteiger partial charge is 0.208 e. The number of phenols is 9. The lowest BCUT2D eigenvalue weighted by atomic mass is 9.92. The van der Waals surface area contributed by atoms with Crippen molar-refractivity contribution in [3.8, 4) is 74.0 Å². The van der Waals surface area contributed by atoms with E-state index in [0.717, 1.165) is 5.56 Å². The van der Waals surface area contributed by atoms with Crippen LogP contribution < -0.4 is 0 Å². The van der Waals surface area contributed by atoms with Gasteiger partial charge in [0, 0.05) is 0 Å². The minimum absolute atomic E-state index is 0.211. The van der Waals surface area contributed by atoms with Gasteiger partial charge in [-0.05, 0) is 12.5 Å². The van der Waals surface area contributed by atoms with Crippen LogP contribution in [0.25, 0.3) is 22.3 Å². The first-order valence-corrected chi connectivity index (χ1v) is 7.83. The number of phenolic OH excluding ortho intramolecular Hbond substituents is 9. The molecule has 0 spiro atoms. The van der Waals surface area contributed by atoms with Gasteiger partial charge >= 0.3 is 0 Å². The number of aryl methyl sites for hydroxylation is 1. The maximum atomic E-state index is 10.7. The van der Waals surface area contributed by atoms with Crippen LogP contribution in [0, 0.1) is 6.92 Å². The predicted molar refractivity (Wildman–Crippen MR) is 97.0 cm³/mol. The molecule has 0 aliphatic rings. The van der Waals surface area contributed by atoms with Crippen molar-refractivity contribution in [2.24, 2.45) is 0 Å². The second-order valence-corrected chi connectivity index (χ2v) is 6.13. The second kappa shape index (κ2) is 6.23. The van der Waals surface area contributed by atoms with E-state index in [-0.39, 0.29) is 11.1 Å². The van der Waals surface area contributed by atoms with Gasteiger partial charge in [-0.3, -0.25) is 0 Å². The van der Waals surface area contributed by atoms with Crippen LogP contribution >= 0.6 is 0 Å². The number of benzene rings is 3. The van der Waals surface area contributed by atoms with E-state index >= 15 is 0 Å². The van der Waals surface area contributed by atoms with Crippen molar-refractivity contribution in [1.29, 1.82) is 0 Å². The molecule has 0 saturated carbocycles. The van der Waals surface area contributed by atoms with Crippen molar-refractivity contribution < 1.29 is 46.0 Å². The van der Waals surface area contributed by atoms with Gasteiger partial charge in [-0.2, -0.15) is 0 Å². The van der Waals surface area contributed by atoms with Crippen molar-refractivity contribution in [2.75, 3.05) is 0 Å². The molecule has 3 aromatic carbocycles.